The van der Waals surface area contributed by atoms with E-state index in [9.17, 15) is 4.79 Å². The molecule has 0 aromatic carbocycles. The number of hydrogen-bond donors (Lipinski definition) is 1. The van der Waals surface area contributed by atoms with E-state index in [-0.39, 0.29) is 11.9 Å². The molecule has 1 aromatic rings. The summed E-state index contributed by atoms with van der Waals surface area (Å²) in [4.78, 5) is 12.4. The molecule has 1 rings (SSSR count). The van der Waals surface area contributed by atoms with Gasteiger partial charge < -0.3 is 5.32 Å². The molecule has 1 amide bonds. The zero-order valence-corrected chi connectivity index (χ0v) is 10.8. The molecule has 0 aliphatic rings. The third-order valence-corrected chi connectivity index (χ3v) is 3.61. The summed E-state index contributed by atoms with van der Waals surface area (Å²) in [6, 6.07) is 3.73. The number of amides is 1. The number of hydrogen-bond acceptors (Lipinski definition) is 2. The van der Waals surface area contributed by atoms with Crippen LogP contribution in [0.5, 0.6) is 0 Å². The molecule has 0 bridgehead atoms. The summed E-state index contributed by atoms with van der Waals surface area (Å²) in [6.45, 7) is 2.01. The molecule has 0 aliphatic carbocycles. The second-order valence-electron chi connectivity index (χ2n) is 3.09. The maximum Gasteiger partial charge on any atom is 0.261 e. The molecular formula is C11H12BrNOS. The van der Waals surface area contributed by atoms with Gasteiger partial charge in [-0.05, 0) is 34.5 Å². The van der Waals surface area contributed by atoms with E-state index in [1.54, 1.807) is 6.07 Å². The summed E-state index contributed by atoms with van der Waals surface area (Å²) in [5, 5.41) is 2.91. The smallest absolute Gasteiger partial charge is 0.261 e. The number of terminal acetylenes is 1. The van der Waals surface area contributed by atoms with Gasteiger partial charge in [-0.3, -0.25) is 4.79 Å². The van der Waals surface area contributed by atoms with E-state index < -0.39 is 0 Å². The molecule has 0 aliphatic heterocycles. The van der Waals surface area contributed by atoms with Gasteiger partial charge in [0.25, 0.3) is 5.91 Å². The first-order chi connectivity index (χ1) is 7.17. The molecule has 80 valence electrons. The molecule has 0 saturated heterocycles. The van der Waals surface area contributed by atoms with Crippen LogP contribution in [0.15, 0.2) is 15.9 Å². The summed E-state index contributed by atoms with van der Waals surface area (Å²) < 4.78 is 0.956. The number of nitrogens with one attached hydrogen (secondary N) is 1. The first-order valence-electron chi connectivity index (χ1n) is 4.67. The van der Waals surface area contributed by atoms with Crippen molar-refractivity contribution in [2.45, 2.75) is 25.8 Å². The van der Waals surface area contributed by atoms with Gasteiger partial charge >= 0.3 is 0 Å². The van der Waals surface area contributed by atoms with Crippen LogP contribution < -0.4 is 5.32 Å². The zero-order chi connectivity index (χ0) is 11.3. The highest BCUT2D eigenvalue weighted by Gasteiger charge is 2.12. The van der Waals surface area contributed by atoms with Crippen molar-refractivity contribution < 1.29 is 4.79 Å². The Morgan fingerprint density at radius 1 is 1.73 bits per heavy atom. The van der Waals surface area contributed by atoms with E-state index >= 15 is 0 Å². The van der Waals surface area contributed by atoms with Crippen LogP contribution in [0.4, 0.5) is 0 Å². The highest BCUT2D eigenvalue weighted by atomic mass is 79.9. The fourth-order valence-electron chi connectivity index (χ4n) is 1.13. The van der Waals surface area contributed by atoms with Gasteiger partial charge in [-0.25, -0.2) is 0 Å². The van der Waals surface area contributed by atoms with E-state index in [1.807, 2.05) is 13.0 Å². The van der Waals surface area contributed by atoms with Crippen LogP contribution in [0.1, 0.15) is 29.4 Å². The van der Waals surface area contributed by atoms with Crippen molar-refractivity contribution in [3.05, 3.63) is 20.8 Å². The second kappa shape index (κ2) is 5.94. The highest BCUT2D eigenvalue weighted by Crippen LogP contribution is 2.22. The number of thiophene rings is 1. The van der Waals surface area contributed by atoms with Crippen molar-refractivity contribution in [2.24, 2.45) is 0 Å². The molecule has 0 radical (unpaired) electrons. The Bertz CT molecular complexity index is 380. The summed E-state index contributed by atoms with van der Waals surface area (Å²) >= 11 is 4.74. The maximum atomic E-state index is 11.7. The molecule has 1 aromatic heterocycles. The molecule has 15 heavy (non-hydrogen) atoms. The minimum Gasteiger partial charge on any atom is -0.348 e. The Labute approximate surface area is 102 Å². The lowest BCUT2D eigenvalue weighted by atomic mass is 10.1. The lowest BCUT2D eigenvalue weighted by Crippen LogP contribution is -2.33. The van der Waals surface area contributed by atoms with Crippen LogP contribution in [-0.2, 0) is 0 Å². The number of carbonyl (C=O) groups excluding carboxylic acids is 1. The van der Waals surface area contributed by atoms with Gasteiger partial charge in [0.2, 0.25) is 0 Å². The minimum absolute atomic E-state index is 0.0483. The Morgan fingerprint density at radius 2 is 2.47 bits per heavy atom. The van der Waals surface area contributed by atoms with E-state index in [4.69, 9.17) is 6.42 Å². The topological polar surface area (TPSA) is 29.1 Å². The standard InChI is InChI=1S/C11H12BrNOS/c1-3-5-8(4-2)13-11(14)9-6-7-10(12)15-9/h1,6-8H,4-5H2,2H3,(H,13,14). The summed E-state index contributed by atoms with van der Waals surface area (Å²) in [7, 11) is 0. The summed E-state index contributed by atoms with van der Waals surface area (Å²) in [5.74, 6) is 2.51. The van der Waals surface area contributed by atoms with Crippen LogP contribution >= 0.6 is 27.3 Å². The Kier molecular flexibility index (Phi) is 4.86. The van der Waals surface area contributed by atoms with Gasteiger partial charge in [0.05, 0.1) is 8.66 Å². The summed E-state index contributed by atoms with van der Waals surface area (Å²) in [5.41, 5.74) is 0. The monoisotopic (exact) mass is 285 g/mol. The highest BCUT2D eigenvalue weighted by molar-refractivity contribution is 9.11. The second-order valence-corrected chi connectivity index (χ2v) is 5.55. The van der Waals surface area contributed by atoms with Gasteiger partial charge in [-0.15, -0.1) is 23.7 Å². The van der Waals surface area contributed by atoms with Crippen LogP contribution in [0.3, 0.4) is 0 Å². The number of rotatable bonds is 4. The van der Waals surface area contributed by atoms with Gasteiger partial charge in [-0.1, -0.05) is 6.92 Å². The van der Waals surface area contributed by atoms with Crippen molar-refractivity contribution >= 4 is 33.2 Å². The molecule has 1 N–H and O–H groups in total. The predicted octanol–water partition coefficient (Wildman–Crippen LogP) is 3.04. The lowest BCUT2D eigenvalue weighted by Gasteiger charge is -2.12. The molecule has 0 saturated carbocycles. The van der Waals surface area contributed by atoms with Crippen molar-refractivity contribution in [1.82, 2.24) is 5.32 Å². The third kappa shape index (κ3) is 3.69. The number of carbonyl (C=O) groups is 1. The van der Waals surface area contributed by atoms with Gasteiger partial charge in [0, 0.05) is 12.5 Å². The van der Waals surface area contributed by atoms with E-state index in [1.165, 1.54) is 11.3 Å². The molecule has 1 heterocycles. The predicted molar refractivity (Wildman–Crippen MR) is 67.0 cm³/mol. The average Bonchev–Trinajstić information content (AvgIpc) is 2.64. The van der Waals surface area contributed by atoms with Crippen LogP contribution in [0, 0.1) is 12.3 Å². The molecule has 1 unspecified atom stereocenters. The largest absolute Gasteiger partial charge is 0.348 e. The van der Waals surface area contributed by atoms with Gasteiger partial charge in [-0.2, -0.15) is 0 Å². The first kappa shape index (κ1) is 12.3. The first-order valence-corrected chi connectivity index (χ1v) is 6.28. The fourth-order valence-corrected chi connectivity index (χ4v) is 2.42. The fraction of sp³-hybridized carbons (Fsp3) is 0.364. The Balaban J connectivity index is 2.59. The number of halogens is 1. The molecule has 1 atom stereocenters. The van der Waals surface area contributed by atoms with Crippen LogP contribution in [0.2, 0.25) is 0 Å². The van der Waals surface area contributed by atoms with Crippen molar-refractivity contribution in [1.29, 1.82) is 0 Å². The van der Waals surface area contributed by atoms with Crippen LogP contribution in [0.25, 0.3) is 0 Å². The normalized spacial score (nSPS) is 11.8. The molecular weight excluding hydrogens is 274 g/mol. The van der Waals surface area contributed by atoms with E-state index in [0.717, 1.165) is 10.2 Å². The third-order valence-electron chi connectivity index (χ3n) is 1.99. The van der Waals surface area contributed by atoms with E-state index in [2.05, 4.69) is 27.2 Å². The summed E-state index contributed by atoms with van der Waals surface area (Å²) in [6.07, 6.45) is 6.65. The van der Waals surface area contributed by atoms with Crippen molar-refractivity contribution in [3.8, 4) is 12.3 Å². The zero-order valence-electron chi connectivity index (χ0n) is 8.42. The maximum absolute atomic E-state index is 11.7. The minimum atomic E-state index is -0.0483. The molecule has 4 heteroatoms. The Hall–Kier alpha value is -0.790. The van der Waals surface area contributed by atoms with E-state index in [0.29, 0.717) is 11.3 Å². The lowest BCUT2D eigenvalue weighted by molar-refractivity contribution is 0.0941. The van der Waals surface area contributed by atoms with Crippen LogP contribution in [-0.4, -0.2) is 11.9 Å². The quantitative estimate of drug-likeness (QED) is 0.847. The van der Waals surface area contributed by atoms with Gasteiger partial charge in [0.15, 0.2) is 0 Å². The van der Waals surface area contributed by atoms with Crippen molar-refractivity contribution in [3.63, 3.8) is 0 Å². The SMILES string of the molecule is C#CCC(CC)NC(=O)c1ccc(Br)s1. The Morgan fingerprint density at radius 3 is 2.93 bits per heavy atom. The molecule has 0 spiro atoms. The molecule has 0 fully saturated rings. The van der Waals surface area contributed by atoms with Gasteiger partial charge in [0.1, 0.15) is 0 Å². The molecule has 2 nitrogen and oxygen atoms in total. The average molecular weight is 286 g/mol. The van der Waals surface area contributed by atoms with Crippen molar-refractivity contribution in [2.75, 3.05) is 0 Å².